The van der Waals surface area contributed by atoms with Crippen LogP contribution in [0.1, 0.15) is 24.6 Å². The molecule has 1 aliphatic rings. The number of nitrogens with two attached hydrogens (primary N) is 1. The first kappa shape index (κ1) is 11.6. The monoisotopic (exact) mass is 244 g/mol. The van der Waals surface area contributed by atoms with Crippen LogP contribution in [0.25, 0.3) is 10.9 Å². The second-order valence-corrected chi connectivity index (χ2v) is 4.83. The van der Waals surface area contributed by atoms with E-state index in [1.54, 1.807) is 0 Å². The van der Waals surface area contributed by atoms with Gasteiger partial charge in [-0.3, -0.25) is 0 Å². The van der Waals surface area contributed by atoms with Crippen molar-refractivity contribution in [3.63, 3.8) is 0 Å². The van der Waals surface area contributed by atoms with Crippen LogP contribution in [0.4, 0.5) is 0 Å². The van der Waals surface area contributed by atoms with Gasteiger partial charge in [0.05, 0.1) is 6.61 Å². The molecule has 0 unspecified atom stereocenters. The second kappa shape index (κ2) is 4.65. The van der Waals surface area contributed by atoms with Gasteiger partial charge in [-0.2, -0.15) is 0 Å². The number of benzene rings is 1. The molecule has 18 heavy (non-hydrogen) atoms. The van der Waals surface area contributed by atoms with Gasteiger partial charge in [-0.1, -0.05) is 0 Å². The Morgan fingerprint density at radius 2 is 2.28 bits per heavy atom. The van der Waals surface area contributed by atoms with Crippen molar-refractivity contribution in [2.24, 2.45) is 5.73 Å². The molecule has 2 aromatic rings. The van der Waals surface area contributed by atoms with Crippen molar-refractivity contribution in [3.8, 4) is 5.75 Å². The van der Waals surface area contributed by atoms with E-state index in [0.717, 1.165) is 18.7 Å². The second-order valence-electron chi connectivity index (χ2n) is 4.83. The smallest absolute Gasteiger partial charge is 0.120 e. The van der Waals surface area contributed by atoms with E-state index in [4.69, 9.17) is 10.5 Å². The minimum Gasteiger partial charge on any atom is -0.494 e. The van der Waals surface area contributed by atoms with Gasteiger partial charge in [-0.25, -0.2) is 0 Å². The highest BCUT2D eigenvalue weighted by molar-refractivity contribution is 5.87. The van der Waals surface area contributed by atoms with Gasteiger partial charge >= 0.3 is 0 Å². The number of hydrogen-bond donors (Lipinski definition) is 1. The minimum atomic E-state index is 0.713. The number of aromatic nitrogens is 1. The average Bonchev–Trinajstić information content (AvgIpc) is 2.93. The molecule has 0 amide bonds. The third-order valence-electron chi connectivity index (χ3n) is 3.76. The molecule has 0 atom stereocenters. The van der Waals surface area contributed by atoms with Gasteiger partial charge < -0.3 is 15.0 Å². The summed E-state index contributed by atoms with van der Waals surface area (Å²) in [6, 6.07) is 6.44. The Kier molecular flexibility index (Phi) is 3.00. The van der Waals surface area contributed by atoms with Crippen molar-refractivity contribution in [2.75, 3.05) is 13.2 Å². The van der Waals surface area contributed by atoms with Crippen LogP contribution >= 0.6 is 0 Å². The van der Waals surface area contributed by atoms with Crippen LogP contribution in [0.5, 0.6) is 5.75 Å². The molecular formula is C15H20N2O. The molecule has 0 spiro atoms. The number of hydrogen-bond acceptors (Lipinski definition) is 2. The summed E-state index contributed by atoms with van der Waals surface area (Å²) < 4.78 is 8.06. The van der Waals surface area contributed by atoms with Crippen molar-refractivity contribution in [1.82, 2.24) is 4.57 Å². The molecule has 0 bridgehead atoms. The fraction of sp³-hybridized carbons (Fsp3) is 0.467. The van der Waals surface area contributed by atoms with Gasteiger partial charge in [0.2, 0.25) is 0 Å². The van der Waals surface area contributed by atoms with Crippen molar-refractivity contribution in [3.05, 3.63) is 29.5 Å². The molecule has 0 saturated heterocycles. The number of aryl methyl sites for hydroxylation is 1. The molecule has 3 rings (SSSR count). The SMILES string of the molecule is CCOc1ccc2c(c1)c(CCN)c1n2CCC1. The molecule has 2 N–H and O–H groups in total. The molecule has 0 radical (unpaired) electrons. The van der Waals surface area contributed by atoms with Crippen molar-refractivity contribution in [2.45, 2.75) is 32.7 Å². The first-order chi connectivity index (χ1) is 8.85. The highest BCUT2D eigenvalue weighted by Crippen LogP contribution is 2.33. The van der Waals surface area contributed by atoms with Gasteiger partial charge in [0.25, 0.3) is 0 Å². The van der Waals surface area contributed by atoms with Gasteiger partial charge in [-0.15, -0.1) is 0 Å². The Morgan fingerprint density at radius 1 is 1.39 bits per heavy atom. The van der Waals surface area contributed by atoms with Crippen LogP contribution in [0.2, 0.25) is 0 Å². The fourth-order valence-corrected chi connectivity index (χ4v) is 3.08. The Balaban J connectivity index is 2.18. The molecule has 0 fully saturated rings. The predicted octanol–water partition coefficient (Wildman–Crippen LogP) is 2.49. The summed E-state index contributed by atoms with van der Waals surface area (Å²) in [4.78, 5) is 0. The molecule has 1 aromatic carbocycles. The first-order valence-electron chi connectivity index (χ1n) is 6.82. The predicted molar refractivity (Wildman–Crippen MR) is 74.2 cm³/mol. The third-order valence-corrected chi connectivity index (χ3v) is 3.76. The Hall–Kier alpha value is -1.48. The summed E-state index contributed by atoms with van der Waals surface area (Å²) in [5.74, 6) is 0.965. The summed E-state index contributed by atoms with van der Waals surface area (Å²) in [5, 5.41) is 1.33. The number of nitrogens with zero attached hydrogens (tertiary/aromatic N) is 1. The highest BCUT2D eigenvalue weighted by atomic mass is 16.5. The van der Waals surface area contributed by atoms with Crippen LogP contribution in [0.15, 0.2) is 18.2 Å². The molecular weight excluding hydrogens is 224 g/mol. The van der Waals surface area contributed by atoms with E-state index in [1.807, 2.05) is 6.92 Å². The van der Waals surface area contributed by atoms with E-state index in [1.165, 1.54) is 35.0 Å². The molecule has 3 nitrogen and oxygen atoms in total. The first-order valence-corrected chi connectivity index (χ1v) is 6.82. The van der Waals surface area contributed by atoms with Gasteiger partial charge in [0.1, 0.15) is 5.75 Å². The summed E-state index contributed by atoms with van der Waals surface area (Å²) in [7, 11) is 0. The zero-order valence-corrected chi connectivity index (χ0v) is 10.9. The zero-order valence-electron chi connectivity index (χ0n) is 10.9. The summed E-state index contributed by atoms with van der Waals surface area (Å²) in [6.07, 6.45) is 3.42. The highest BCUT2D eigenvalue weighted by Gasteiger charge is 2.20. The van der Waals surface area contributed by atoms with E-state index < -0.39 is 0 Å². The van der Waals surface area contributed by atoms with Crippen molar-refractivity contribution in [1.29, 1.82) is 0 Å². The van der Waals surface area contributed by atoms with Crippen molar-refractivity contribution < 1.29 is 4.74 Å². The average molecular weight is 244 g/mol. The van der Waals surface area contributed by atoms with Crippen LogP contribution in [0.3, 0.4) is 0 Å². The van der Waals surface area contributed by atoms with Crippen LogP contribution < -0.4 is 10.5 Å². The fourth-order valence-electron chi connectivity index (χ4n) is 3.08. The Bertz CT molecular complexity index is 571. The van der Waals surface area contributed by atoms with E-state index >= 15 is 0 Å². The topological polar surface area (TPSA) is 40.2 Å². The molecule has 1 aromatic heterocycles. The lowest BCUT2D eigenvalue weighted by molar-refractivity contribution is 0.340. The van der Waals surface area contributed by atoms with Gasteiger partial charge in [0, 0.05) is 23.1 Å². The molecule has 96 valence electrons. The van der Waals surface area contributed by atoms with E-state index in [-0.39, 0.29) is 0 Å². The maximum Gasteiger partial charge on any atom is 0.120 e. The van der Waals surface area contributed by atoms with E-state index in [0.29, 0.717) is 13.2 Å². The number of fused-ring (bicyclic) bond motifs is 3. The van der Waals surface area contributed by atoms with Crippen LogP contribution in [0, 0.1) is 0 Å². The summed E-state index contributed by atoms with van der Waals surface area (Å²) in [6.45, 7) is 4.59. The van der Waals surface area contributed by atoms with Crippen LogP contribution in [-0.2, 0) is 19.4 Å². The zero-order chi connectivity index (χ0) is 12.5. The van der Waals surface area contributed by atoms with E-state index in [2.05, 4.69) is 22.8 Å². The lowest BCUT2D eigenvalue weighted by atomic mass is 10.1. The van der Waals surface area contributed by atoms with Gasteiger partial charge in [0.15, 0.2) is 0 Å². The normalized spacial score (nSPS) is 14.1. The summed E-state index contributed by atoms with van der Waals surface area (Å²) in [5.41, 5.74) is 10.0. The lowest BCUT2D eigenvalue weighted by Gasteiger charge is -2.05. The molecule has 1 aliphatic heterocycles. The van der Waals surface area contributed by atoms with E-state index in [9.17, 15) is 0 Å². The maximum atomic E-state index is 5.76. The number of rotatable bonds is 4. The Labute approximate surface area is 108 Å². The molecule has 3 heteroatoms. The molecule has 0 saturated carbocycles. The minimum absolute atomic E-state index is 0.713. The quantitative estimate of drug-likeness (QED) is 0.897. The molecule has 2 heterocycles. The lowest BCUT2D eigenvalue weighted by Crippen LogP contribution is -2.04. The van der Waals surface area contributed by atoms with Crippen molar-refractivity contribution >= 4 is 10.9 Å². The third kappa shape index (κ3) is 1.70. The van der Waals surface area contributed by atoms with Crippen LogP contribution in [-0.4, -0.2) is 17.7 Å². The largest absolute Gasteiger partial charge is 0.494 e. The number of ether oxygens (including phenoxy) is 1. The standard InChI is InChI=1S/C15H20N2O/c1-2-18-11-5-6-15-13(10-11)12(7-8-16)14-4-3-9-17(14)15/h5-6,10H,2-4,7-9,16H2,1H3. The maximum absolute atomic E-state index is 5.76. The Morgan fingerprint density at radius 3 is 3.06 bits per heavy atom. The van der Waals surface area contributed by atoms with Gasteiger partial charge in [-0.05, 0) is 56.5 Å². The molecule has 0 aliphatic carbocycles. The summed E-state index contributed by atoms with van der Waals surface area (Å²) >= 11 is 0.